The Morgan fingerprint density at radius 2 is 2.00 bits per heavy atom. The van der Waals surface area contributed by atoms with E-state index in [-0.39, 0.29) is 12.1 Å². The molecule has 1 aromatic rings. The second-order valence-electron chi connectivity index (χ2n) is 5.34. The van der Waals surface area contributed by atoms with E-state index in [0.717, 1.165) is 12.0 Å². The molecule has 1 aliphatic rings. The van der Waals surface area contributed by atoms with Crippen LogP contribution >= 0.6 is 0 Å². The molecule has 1 saturated heterocycles. The maximum atomic E-state index is 12.6. The minimum absolute atomic E-state index is 0.0610. The van der Waals surface area contributed by atoms with Crippen LogP contribution in [0.2, 0.25) is 0 Å². The number of hydrogen-bond donors (Lipinski definition) is 1. The van der Waals surface area contributed by atoms with Crippen molar-refractivity contribution in [1.82, 2.24) is 10.2 Å². The van der Waals surface area contributed by atoms with Crippen LogP contribution in [0.1, 0.15) is 38.9 Å². The van der Waals surface area contributed by atoms with E-state index < -0.39 is 5.54 Å². The maximum Gasteiger partial charge on any atom is 0.244 e. The van der Waals surface area contributed by atoms with E-state index in [0.29, 0.717) is 19.8 Å². The summed E-state index contributed by atoms with van der Waals surface area (Å²) in [4.78, 5) is 14.5. The van der Waals surface area contributed by atoms with Crippen molar-refractivity contribution in [2.75, 3.05) is 19.8 Å². The van der Waals surface area contributed by atoms with E-state index in [2.05, 4.69) is 17.4 Å². The van der Waals surface area contributed by atoms with Crippen LogP contribution in [0.15, 0.2) is 30.3 Å². The third-order valence-electron chi connectivity index (χ3n) is 4.00. The average Bonchev–Trinajstić information content (AvgIpc) is 2.74. The standard InChI is InChI=1S/C16H24N2O2/c1-4-16(3)15(19)18(11-12-20-5-2)14(17-16)13-9-7-6-8-10-13/h6-10,14,17H,4-5,11-12H2,1-3H3. The van der Waals surface area contributed by atoms with Gasteiger partial charge in [-0.3, -0.25) is 10.1 Å². The van der Waals surface area contributed by atoms with Crippen molar-refractivity contribution < 1.29 is 9.53 Å². The van der Waals surface area contributed by atoms with Crippen LogP contribution < -0.4 is 5.32 Å². The molecule has 2 rings (SSSR count). The third kappa shape index (κ3) is 2.86. The second kappa shape index (κ2) is 6.37. The topological polar surface area (TPSA) is 41.6 Å². The van der Waals surface area contributed by atoms with Gasteiger partial charge < -0.3 is 9.64 Å². The summed E-state index contributed by atoms with van der Waals surface area (Å²) >= 11 is 0. The van der Waals surface area contributed by atoms with Crippen molar-refractivity contribution in [2.24, 2.45) is 0 Å². The number of nitrogens with one attached hydrogen (secondary N) is 1. The fourth-order valence-electron chi connectivity index (χ4n) is 2.57. The predicted molar refractivity (Wildman–Crippen MR) is 79.2 cm³/mol. The number of rotatable bonds is 6. The lowest BCUT2D eigenvalue weighted by atomic mass is 9.99. The Hall–Kier alpha value is -1.39. The lowest BCUT2D eigenvalue weighted by molar-refractivity contribution is -0.133. The van der Waals surface area contributed by atoms with E-state index in [1.54, 1.807) is 0 Å². The number of benzene rings is 1. The van der Waals surface area contributed by atoms with Crippen LogP contribution in [0.4, 0.5) is 0 Å². The molecule has 2 atom stereocenters. The van der Waals surface area contributed by atoms with E-state index in [1.165, 1.54) is 0 Å². The summed E-state index contributed by atoms with van der Waals surface area (Å²) in [5.41, 5.74) is 0.640. The highest BCUT2D eigenvalue weighted by Crippen LogP contribution is 2.32. The summed E-state index contributed by atoms with van der Waals surface area (Å²) in [6.45, 7) is 7.86. The number of hydrogen-bond acceptors (Lipinski definition) is 3. The fraction of sp³-hybridized carbons (Fsp3) is 0.562. The van der Waals surface area contributed by atoms with Gasteiger partial charge in [0.2, 0.25) is 5.91 Å². The van der Waals surface area contributed by atoms with Gasteiger partial charge in [0.15, 0.2) is 0 Å². The van der Waals surface area contributed by atoms with E-state index in [9.17, 15) is 4.79 Å². The summed E-state index contributed by atoms with van der Waals surface area (Å²) in [7, 11) is 0. The van der Waals surface area contributed by atoms with E-state index in [4.69, 9.17) is 4.74 Å². The molecular weight excluding hydrogens is 252 g/mol. The molecule has 110 valence electrons. The number of ether oxygens (including phenoxy) is 1. The lowest BCUT2D eigenvalue weighted by Gasteiger charge is -2.24. The number of carbonyl (C=O) groups excluding carboxylic acids is 1. The Morgan fingerprint density at radius 3 is 2.60 bits per heavy atom. The van der Waals surface area contributed by atoms with Crippen molar-refractivity contribution in [3.63, 3.8) is 0 Å². The van der Waals surface area contributed by atoms with Crippen molar-refractivity contribution >= 4 is 5.91 Å². The zero-order valence-electron chi connectivity index (χ0n) is 12.6. The molecule has 0 saturated carbocycles. The molecule has 0 spiro atoms. The monoisotopic (exact) mass is 276 g/mol. The third-order valence-corrected chi connectivity index (χ3v) is 4.00. The van der Waals surface area contributed by atoms with Crippen molar-refractivity contribution in [1.29, 1.82) is 0 Å². The minimum atomic E-state index is -0.479. The van der Waals surface area contributed by atoms with E-state index >= 15 is 0 Å². The zero-order chi connectivity index (χ0) is 14.6. The fourth-order valence-corrected chi connectivity index (χ4v) is 2.57. The molecule has 2 unspecified atom stereocenters. The number of nitrogens with zero attached hydrogens (tertiary/aromatic N) is 1. The maximum absolute atomic E-state index is 12.6. The highest BCUT2D eigenvalue weighted by molar-refractivity contribution is 5.88. The molecule has 0 aromatic heterocycles. The summed E-state index contributed by atoms with van der Waals surface area (Å²) in [5, 5.41) is 3.48. The first kappa shape index (κ1) is 15.0. The Balaban J connectivity index is 2.21. The molecule has 1 aliphatic heterocycles. The molecule has 20 heavy (non-hydrogen) atoms. The lowest BCUT2D eigenvalue weighted by Crippen LogP contribution is -2.43. The van der Waals surface area contributed by atoms with Gasteiger partial charge in [-0.15, -0.1) is 0 Å². The summed E-state index contributed by atoms with van der Waals surface area (Å²) in [6, 6.07) is 10.1. The minimum Gasteiger partial charge on any atom is -0.380 e. The first-order chi connectivity index (χ1) is 9.62. The van der Waals surface area contributed by atoms with Gasteiger partial charge in [-0.25, -0.2) is 0 Å². The quantitative estimate of drug-likeness (QED) is 0.811. The smallest absolute Gasteiger partial charge is 0.244 e. The predicted octanol–water partition coefficient (Wildman–Crippen LogP) is 2.32. The zero-order valence-corrected chi connectivity index (χ0v) is 12.6. The van der Waals surface area contributed by atoms with Crippen molar-refractivity contribution in [3.05, 3.63) is 35.9 Å². The molecule has 4 heteroatoms. The molecule has 1 N–H and O–H groups in total. The molecular formula is C16H24N2O2. The number of amides is 1. The largest absolute Gasteiger partial charge is 0.380 e. The SMILES string of the molecule is CCOCCN1C(=O)C(C)(CC)NC1c1ccccc1. The van der Waals surface area contributed by atoms with Crippen molar-refractivity contribution in [2.45, 2.75) is 38.9 Å². The van der Waals surface area contributed by atoms with E-state index in [1.807, 2.05) is 43.9 Å². The highest BCUT2D eigenvalue weighted by Gasteiger charge is 2.46. The first-order valence-electron chi connectivity index (χ1n) is 7.34. The molecule has 1 fully saturated rings. The molecule has 0 bridgehead atoms. The van der Waals surface area contributed by atoms with Crippen LogP contribution in [-0.2, 0) is 9.53 Å². The average molecular weight is 276 g/mol. The van der Waals surface area contributed by atoms with Crippen LogP contribution in [0.25, 0.3) is 0 Å². The summed E-state index contributed by atoms with van der Waals surface area (Å²) in [5.74, 6) is 0.161. The molecule has 4 nitrogen and oxygen atoms in total. The van der Waals surface area contributed by atoms with Crippen LogP contribution in [-0.4, -0.2) is 36.1 Å². The number of carbonyl (C=O) groups is 1. The van der Waals surface area contributed by atoms with Gasteiger partial charge >= 0.3 is 0 Å². The molecule has 1 aromatic carbocycles. The van der Waals surface area contributed by atoms with Crippen LogP contribution in [0, 0.1) is 0 Å². The normalized spacial score (nSPS) is 26.2. The van der Waals surface area contributed by atoms with Gasteiger partial charge in [-0.05, 0) is 25.8 Å². The van der Waals surface area contributed by atoms with Gasteiger partial charge in [0.25, 0.3) is 0 Å². The Bertz CT molecular complexity index is 449. The molecule has 0 aliphatic carbocycles. The Labute approximate surface area is 121 Å². The van der Waals surface area contributed by atoms with Gasteiger partial charge in [-0.2, -0.15) is 0 Å². The molecule has 1 heterocycles. The van der Waals surface area contributed by atoms with Crippen LogP contribution in [0.5, 0.6) is 0 Å². The van der Waals surface area contributed by atoms with Gasteiger partial charge in [0, 0.05) is 13.2 Å². The Morgan fingerprint density at radius 1 is 1.30 bits per heavy atom. The van der Waals surface area contributed by atoms with Gasteiger partial charge in [0.1, 0.15) is 6.17 Å². The molecule has 1 amide bonds. The summed E-state index contributed by atoms with van der Waals surface area (Å²) in [6.07, 6.45) is 0.717. The summed E-state index contributed by atoms with van der Waals surface area (Å²) < 4.78 is 5.41. The van der Waals surface area contributed by atoms with Gasteiger partial charge in [-0.1, -0.05) is 37.3 Å². The Kier molecular flexibility index (Phi) is 4.78. The highest BCUT2D eigenvalue weighted by atomic mass is 16.5. The van der Waals surface area contributed by atoms with Crippen LogP contribution in [0.3, 0.4) is 0 Å². The first-order valence-corrected chi connectivity index (χ1v) is 7.34. The van der Waals surface area contributed by atoms with Crippen molar-refractivity contribution in [3.8, 4) is 0 Å². The molecule has 0 radical (unpaired) electrons. The second-order valence-corrected chi connectivity index (χ2v) is 5.34. The van der Waals surface area contributed by atoms with Gasteiger partial charge in [0.05, 0.1) is 12.1 Å².